The number of halogens is 1. The van der Waals surface area contributed by atoms with E-state index in [1.165, 1.54) is 29.3 Å². The third-order valence-electron chi connectivity index (χ3n) is 3.25. The zero-order valence-electron chi connectivity index (χ0n) is 13.0. The van der Waals surface area contributed by atoms with E-state index in [0.717, 1.165) is 12.8 Å². The molecule has 0 fully saturated rings. The maximum atomic E-state index is 6.06. The Morgan fingerprint density at radius 2 is 1.95 bits per heavy atom. The van der Waals surface area contributed by atoms with Gasteiger partial charge in [-0.05, 0) is 18.4 Å². The molecule has 1 aromatic carbocycles. The molecule has 0 aliphatic heterocycles. The largest absolute Gasteiger partial charge is 0.369 e. The van der Waals surface area contributed by atoms with Crippen LogP contribution >= 0.6 is 22.6 Å². The van der Waals surface area contributed by atoms with Gasteiger partial charge < -0.3 is 4.74 Å². The summed E-state index contributed by atoms with van der Waals surface area (Å²) in [5, 5.41) is 0. The average molecular weight is 398 g/mol. The van der Waals surface area contributed by atoms with Gasteiger partial charge in [0.1, 0.15) is 0 Å². The van der Waals surface area contributed by atoms with Crippen molar-refractivity contribution >= 4 is 22.6 Å². The Hall–Kier alpha value is -0.610. The predicted molar refractivity (Wildman–Crippen MR) is 101 cm³/mol. The molecule has 0 aromatic heterocycles. The standard InChI is InChI=1S/C19H27IO/c1-2-3-7-14-19(15-10-4-5-11-16-20)21-17-18-12-8-6-9-13-18/h4-6,8-10,12-13,15,19H,2-3,7,11,14,16-17H2,1H3/b5-4-,15-10+/t19-/m0/s1. The van der Waals surface area contributed by atoms with Crippen molar-refractivity contribution in [2.24, 2.45) is 0 Å². The molecule has 0 heterocycles. The van der Waals surface area contributed by atoms with E-state index < -0.39 is 0 Å². The van der Waals surface area contributed by atoms with E-state index >= 15 is 0 Å². The van der Waals surface area contributed by atoms with Crippen molar-refractivity contribution in [2.75, 3.05) is 4.43 Å². The van der Waals surface area contributed by atoms with E-state index in [2.05, 4.69) is 78.1 Å². The lowest BCUT2D eigenvalue weighted by atomic mass is 10.1. The summed E-state index contributed by atoms with van der Waals surface area (Å²) in [5.74, 6) is 0. The maximum absolute atomic E-state index is 6.06. The summed E-state index contributed by atoms with van der Waals surface area (Å²) in [4.78, 5) is 0. The van der Waals surface area contributed by atoms with Crippen molar-refractivity contribution in [3.05, 3.63) is 60.2 Å². The molecule has 0 saturated heterocycles. The number of ether oxygens (including phenoxy) is 1. The molecular formula is C19H27IO. The molecule has 1 atom stereocenters. The summed E-state index contributed by atoms with van der Waals surface area (Å²) in [5.41, 5.74) is 1.24. The van der Waals surface area contributed by atoms with Gasteiger partial charge >= 0.3 is 0 Å². The quantitative estimate of drug-likeness (QED) is 0.190. The third kappa shape index (κ3) is 9.86. The van der Waals surface area contributed by atoms with Gasteiger partial charge in [-0.2, -0.15) is 0 Å². The van der Waals surface area contributed by atoms with Crippen LogP contribution in [0, 0.1) is 0 Å². The summed E-state index contributed by atoms with van der Waals surface area (Å²) in [6.07, 6.45) is 14.9. The zero-order chi connectivity index (χ0) is 15.2. The summed E-state index contributed by atoms with van der Waals surface area (Å²) < 4.78 is 7.23. The highest BCUT2D eigenvalue weighted by atomic mass is 127. The lowest BCUT2D eigenvalue weighted by Gasteiger charge is -2.14. The normalized spacial score (nSPS) is 13.2. The molecule has 1 aromatic rings. The van der Waals surface area contributed by atoms with Crippen molar-refractivity contribution in [1.29, 1.82) is 0 Å². The van der Waals surface area contributed by atoms with E-state index in [1.807, 2.05) is 6.07 Å². The minimum absolute atomic E-state index is 0.223. The first-order chi connectivity index (χ1) is 10.4. The first kappa shape index (κ1) is 18.4. The Labute approximate surface area is 143 Å². The van der Waals surface area contributed by atoms with Crippen molar-refractivity contribution in [2.45, 2.75) is 51.7 Å². The SMILES string of the molecule is CCCCC[C@@H](/C=C/C=C\CCI)OCc1ccccc1. The Balaban J connectivity index is 2.43. The number of benzene rings is 1. The van der Waals surface area contributed by atoms with Gasteiger partial charge in [0.2, 0.25) is 0 Å². The van der Waals surface area contributed by atoms with E-state index in [4.69, 9.17) is 4.74 Å². The summed E-state index contributed by atoms with van der Waals surface area (Å²) >= 11 is 2.39. The van der Waals surface area contributed by atoms with Crippen molar-refractivity contribution in [1.82, 2.24) is 0 Å². The molecule has 0 aliphatic rings. The second-order valence-electron chi connectivity index (χ2n) is 5.12. The summed E-state index contributed by atoms with van der Waals surface area (Å²) in [6.45, 7) is 2.93. The number of rotatable bonds is 11. The first-order valence-corrected chi connectivity index (χ1v) is 9.44. The molecule has 0 unspecified atom stereocenters. The molecule has 0 amide bonds. The fourth-order valence-electron chi connectivity index (χ4n) is 2.03. The molecule has 2 heteroatoms. The summed E-state index contributed by atoms with van der Waals surface area (Å²) in [6, 6.07) is 10.4. The Bertz CT molecular complexity index is 397. The third-order valence-corrected chi connectivity index (χ3v) is 3.87. The fourth-order valence-corrected chi connectivity index (χ4v) is 2.39. The van der Waals surface area contributed by atoms with Crippen LogP contribution in [0.1, 0.15) is 44.6 Å². The van der Waals surface area contributed by atoms with Crippen LogP contribution in [0.15, 0.2) is 54.6 Å². The van der Waals surface area contributed by atoms with Crippen LogP contribution in [-0.4, -0.2) is 10.5 Å². The minimum Gasteiger partial charge on any atom is -0.369 e. The Morgan fingerprint density at radius 3 is 2.67 bits per heavy atom. The highest BCUT2D eigenvalue weighted by molar-refractivity contribution is 14.1. The van der Waals surface area contributed by atoms with Crippen molar-refractivity contribution in [3.8, 4) is 0 Å². The molecule has 21 heavy (non-hydrogen) atoms. The van der Waals surface area contributed by atoms with E-state index in [9.17, 15) is 0 Å². The van der Waals surface area contributed by atoms with Crippen LogP contribution < -0.4 is 0 Å². The van der Waals surface area contributed by atoms with E-state index in [1.54, 1.807) is 0 Å². The van der Waals surface area contributed by atoms with Gasteiger partial charge in [-0.1, -0.05) is 103 Å². The topological polar surface area (TPSA) is 9.23 Å². The average Bonchev–Trinajstić information content (AvgIpc) is 2.53. The van der Waals surface area contributed by atoms with Gasteiger partial charge in [-0.15, -0.1) is 0 Å². The highest BCUT2D eigenvalue weighted by Gasteiger charge is 2.04. The lowest BCUT2D eigenvalue weighted by molar-refractivity contribution is 0.0648. The van der Waals surface area contributed by atoms with Crippen LogP contribution in [0.4, 0.5) is 0 Å². The van der Waals surface area contributed by atoms with Crippen LogP contribution in [-0.2, 0) is 11.3 Å². The Kier molecular flexibility index (Phi) is 11.5. The van der Waals surface area contributed by atoms with Gasteiger partial charge in [0, 0.05) is 4.43 Å². The highest BCUT2D eigenvalue weighted by Crippen LogP contribution is 2.11. The van der Waals surface area contributed by atoms with Crippen molar-refractivity contribution in [3.63, 3.8) is 0 Å². The van der Waals surface area contributed by atoms with Crippen LogP contribution in [0.25, 0.3) is 0 Å². The molecule has 0 aliphatic carbocycles. The smallest absolute Gasteiger partial charge is 0.0763 e. The van der Waals surface area contributed by atoms with Gasteiger partial charge in [0.25, 0.3) is 0 Å². The Morgan fingerprint density at radius 1 is 1.14 bits per heavy atom. The number of alkyl halides is 1. The number of allylic oxidation sites excluding steroid dienone is 3. The van der Waals surface area contributed by atoms with E-state index in [-0.39, 0.29) is 6.10 Å². The zero-order valence-corrected chi connectivity index (χ0v) is 15.2. The number of unbranched alkanes of at least 4 members (excludes halogenated alkanes) is 2. The molecule has 1 rings (SSSR count). The summed E-state index contributed by atoms with van der Waals surface area (Å²) in [7, 11) is 0. The number of hydrogen-bond donors (Lipinski definition) is 0. The van der Waals surface area contributed by atoms with Gasteiger partial charge in [-0.3, -0.25) is 0 Å². The fraction of sp³-hybridized carbons (Fsp3) is 0.474. The van der Waals surface area contributed by atoms with Crippen LogP contribution in [0.2, 0.25) is 0 Å². The second kappa shape index (κ2) is 13.1. The van der Waals surface area contributed by atoms with Gasteiger partial charge in [0.15, 0.2) is 0 Å². The molecule has 0 spiro atoms. The first-order valence-electron chi connectivity index (χ1n) is 7.91. The predicted octanol–water partition coefficient (Wildman–Crippen LogP) is 6.09. The second-order valence-corrected chi connectivity index (χ2v) is 6.20. The van der Waals surface area contributed by atoms with Gasteiger partial charge in [0.05, 0.1) is 12.7 Å². The van der Waals surface area contributed by atoms with E-state index in [0.29, 0.717) is 6.61 Å². The van der Waals surface area contributed by atoms with Crippen molar-refractivity contribution < 1.29 is 4.74 Å². The molecule has 0 saturated carbocycles. The number of hydrogen-bond acceptors (Lipinski definition) is 1. The van der Waals surface area contributed by atoms with Crippen LogP contribution in [0.5, 0.6) is 0 Å². The minimum atomic E-state index is 0.223. The molecule has 0 bridgehead atoms. The lowest BCUT2D eigenvalue weighted by Crippen LogP contribution is -2.09. The molecule has 1 nitrogen and oxygen atoms in total. The molecule has 0 radical (unpaired) electrons. The van der Waals surface area contributed by atoms with Crippen LogP contribution in [0.3, 0.4) is 0 Å². The molecule has 116 valence electrons. The molecular weight excluding hydrogens is 371 g/mol. The van der Waals surface area contributed by atoms with Gasteiger partial charge in [-0.25, -0.2) is 0 Å². The maximum Gasteiger partial charge on any atom is 0.0763 e. The monoisotopic (exact) mass is 398 g/mol. The molecule has 0 N–H and O–H groups in total.